The van der Waals surface area contributed by atoms with Gasteiger partial charge in [-0.2, -0.15) is 0 Å². The van der Waals surface area contributed by atoms with Crippen LogP contribution in [0.25, 0.3) is 0 Å². The van der Waals surface area contributed by atoms with Crippen molar-refractivity contribution in [1.82, 2.24) is 14.9 Å². The maximum absolute atomic E-state index is 12.3. The molecule has 0 unspecified atom stereocenters. The first-order valence-corrected chi connectivity index (χ1v) is 7.40. The Morgan fingerprint density at radius 2 is 2.09 bits per heavy atom. The average Bonchev–Trinajstić information content (AvgIpc) is 2.45. The Balaban J connectivity index is 1.98. The van der Waals surface area contributed by atoms with E-state index in [1.807, 2.05) is 25.2 Å². The molecule has 22 heavy (non-hydrogen) atoms. The minimum absolute atomic E-state index is 0.0611. The fourth-order valence-electron chi connectivity index (χ4n) is 2.88. The molecule has 2 aromatic rings. The second-order valence-corrected chi connectivity index (χ2v) is 6.48. The van der Waals surface area contributed by atoms with Gasteiger partial charge in [-0.1, -0.05) is 13.8 Å². The zero-order chi connectivity index (χ0) is 15.9. The Labute approximate surface area is 134 Å². The van der Waals surface area contributed by atoms with E-state index in [0.717, 1.165) is 16.8 Å². The third kappa shape index (κ3) is 2.64. The first kappa shape index (κ1) is 14.8. The van der Waals surface area contributed by atoms with Gasteiger partial charge >= 0.3 is 0 Å². The number of aromatic nitrogens is 2. The number of hydrogen-bond acceptors (Lipinski definition) is 4. The number of carbonyl (C=O) groups is 1. The molecule has 1 amide bonds. The Morgan fingerprint density at radius 3 is 2.82 bits per heavy atom. The van der Waals surface area contributed by atoms with E-state index < -0.39 is 0 Å². The number of hydrogen-bond donors (Lipinski definition) is 1. The smallest absolute Gasteiger partial charge is 0.253 e. The lowest BCUT2D eigenvalue weighted by atomic mass is 9.78. The van der Waals surface area contributed by atoms with E-state index in [-0.39, 0.29) is 16.6 Å². The number of amides is 1. The summed E-state index contributed by atoms with van der Waals surface area (Å²) in [5, 5.41) is 3.39. The number of rotatable bonds is 2. The van der Waals surface area contributed by atoms with Crippen LogP contribution in [0, 0.1) is 0 Å². The van der Waals surface area contributed by atoms with Crippen LogP contribution in [0.3, 0.4) is 0 Å². The topological polar surface area (TPSA) is 58.1 Å². The van der Waals surface area contributed by atoms with Crippen molar-refractivity contribution in [2.24, 2.45) is 0 Å². The number of halogens is 1. The lowest BCUT2D eigenvalue weighted by molar-refractivity contribution is 0.0737. The minimum Gasteiger partial charge on any atom is -0.341 e. The van der Waals surface area contributed by atoms with Crippen LogP contribution in [-0.4, -0.2) is 34.4 Å². The SMILES string of the molecule is CN1CC(C)(C)c2cc(Nc3ccnc(Cl)n3)ccc2C1=O. The number of carbonyl (C=O) groups excluding carboxylic acids is 1. The zero-order valence-electron chi connectivity index (χ0n) is 12.7. The standard InChI is InChI=1S/C16H17ClN4O/c1-16(2)9-21(3)14(22)11-5-4-10(8-12(11)16)19-13-6-7-18-15(17)20-13/h4-8H,9H2,1-3H3,(H,18,19,20). The molecule has 1 aromatic carbocycles. The number of benzene rings is 1. The van der Waals surface area contributed by atoms with Crippen LogP contribution in [0.15, 0.2) is 30.5 Å². The molecule has 0 fully saturated rings. The summed E-state index contributed by atoms with van der Waals surface area (Å²) in [5.41, 5.74) is 2.57. The molecule has 5 nitrogen and oxygen atoms in total. The fraction of sp³-hybridized carbons (Fsp3) is 0.312. The van der Waals surface area contributed by atoms with Gasteiger partial charge in [0.1, 0.15) is 5.82 Å². The lowest BCUT2D eigenvalue weighted by Crippen LogP contribution is -2.44. The van der Waals surface area contributed by atoms with Gasteiger partial charge in [0, 0.05) is 36.5 Å². The average molecular weight is 317 g/mol. The molecule has 114 valence electrons. The summed E-state index contributed by atoms with van der Waals surface area (Å²) < 4.78 is 0. The van der Waals surface area contributed by atoms with Crippen molar-refractivity contribution < 1.29 is 4.79 Å². The normalized spacial score (nSPS) is 16.4. The van der Waals surface area contributed by atoms with Gasteiger partial charge in [0.25, 0.3) is 5.91 Å². The number of likely N-dealkylation sites (N-methyl/N-ethyl adjacent to an activating group) is 1. The summed E-state index contributed by atoms with van der Waals surface area (Å²) in [6.07, 6.45) is 1.60. The van der Waals surface area contributed by atoms with Crippen molar-refractivity contribution in [2.45, 2.75) is 19.3 Å². The predicted octanol–water partition coefficient (Wildman–Crippen LogP) is 3.24. The Hall–Kier alpha value is -2.14. The van der Waals surface area contributed by atoms with E-state index in [4.69, 9.17) is 11.6 Å². The monoisotopic (exact) mass is 316 g/mol. The van der Waals surface area contributed by atoms with Crippen molar-refractivity contribution in [3.63, 3.8) is 0 Å². The highest BCUT2D eigenvalue weighted by Gasteiger charge is 2.34. The van der Waals surface area contributed by atoms with E-state index in [9.17, 15) is 4.79 Å². The van der Waals surface area contributed by atoms with Crippen LogP contribution in [0.4, 0.5) is 11.5 Å². The van der Waals surface area contributed by atoms with Gasteiger partial charge in [0.2, 0.25) is 5.28 Å². The molecule has 3 rings (SSSR count). The number of nitrogens with one attached hydrogen (secondary N) is 1. The van der Waals surface area contributed by atoms with Crippen LogP contribution in [0.5, 0.6) is 0 Å². The highest BCUT2D eigenvalue weighted by molar-refractivity contribution is 6.28. The van der Waals surface area contributed by atoms with Gasteiger partial charge in [-0.05, 0) is 41.4 Å². The van der Waals surface area contributed by atoms with E-state index >= 15 is 0 Å². The molecule has 6 heteroatoms. The molecule has 2 heterocycles. The molecule has 0 spiro atoms. The Bertz CT molecular complexity index is 745. The molecule has 0 aliphatic carbocycles. The summed E-state index contributed by atoms with van der Waals surface area (Å²) in [4.78, 5) is 22.0. The first-order chi connectivity index (χ1) is 10.4. The molecular formula is C16H17ClN4O. The maximum Gasteiger partial charge on any atom is 0.253 e. The number of nitrogens with zero attached hydrogens (tertiary/aromatic N) is 3. The van der Waals surface area contributed by atoms with Crippen molar-refractivity contribution in [2.75, 3.05) is 18.9 Å². The molecule has 1 aliphatic heterocycles. The van der Waals surface area contributed by atoms with E-state index in [1.54, 1.807) is 17.2 Å². The summed E-state index contributed by atoms with van der Waals surface area (Å²) >= 11 is 5.79. The minimum atomic E-state index is -0.0982. The van der Waals surface area contributed by atoms with Gasteiger partial charge in [0.05, 0.1) is 0 Å². The van der Waals surface area contributed by atoms with Crippen LogP contribution in [0.1, 0.15) is 29.8 Å². The quantitative estimate of drug-likeness (QED) is 0.864. The summed E-state index contributed by atoms with van der Waals surface area (Å²) in [5.74, 6) is 0.683. The first-order valence-electron chi connectivity index (χ1n) is 7.02. The Kier molecular flexibility index (Phi) is 3.53. The van der Waals surface area contributed by atoms with Crippen molar-refractivity contribution in [3.8, 4) is 0 Å². The van der Waals surface area contributed by atoms with Gasteiger partial charge < -0.3 is 10.2 Å². The lowest BCUT2D eigenvalue weighted by Gasteiger charge is -2.37. The Morgan fingerprint density at radius 1 is 1.32 bits per heavy atom. The van der Waals surface area contributed by atoms with Gasteiger partial charge in [-0.25, -0.2) is 9.97 Å². The van der Waals surface area contributed by atoms with Crippen LogP contribution < -0.4 is 5.32 Å². The van der Waals surface area contributed by atoms with Crippen LogP contribution in [0.2, 0.25) is 5.28 Å². The molecule has 0 radical (unpaired) electrons. The summed E-state index contributed by atoms with van der Waals surface area (Å²) in [6.45, 7) is 4.97. The zero-order valence-corrected chi connectivity index (χ0v) is 13.5. The van der Waals surface area contributed by atoms with Crippen LogP contribution in [-0.2, 0) is 5.41 Å². The van der Waals surface area contributed by atoms with Gasteiger partial charge in [-0.3, -0.25) is 4.79 Å². The summed E-state index contributed by atoms with van der Waals surface area (Å²) in [7, 11) is 1.84. The van der Waals surface area contributed by atoms with Gasteiger partial charge in [0.15, 0.2) is 0 Å². The molecule has 1 aliphatic rings. The molecule has 1 aromatic heterocycles. The molecule has 1 N–H and O–H groups in total. The van der Waals surface area contributed by atoms with E-state index in [1.165, 1.54) is 0 Å². The molecule has 0 saturated heterocycles. The van der Waals surface area contributed by atoms with E-state index in [2.05, 4.69) is 29.1 Å². The largest absolute Gasteiger partial charge is 0.341 e. The van der Waals surface area contributed by atoms with Crippen molar-refractivity contribution >= 4 is 29.0 Å². The van der Waals surface area contributed by atoms with Crippen LogP contribution >= 0.6 is 11.6 Å². The third-order valence-electron chi connectivity index (χ3n) is 3.86. The highest BCUT2D eigenvalue weighted by Crippen LogP contribution is 2.34. The second-order valence-electron chi connectivity index (χ2n) is 6.14. The molecule has 0 bridgehead atoms. The molecule has 0 saturated carbocycles. The fourth-order valence-corrected chi connectivity index (χ4v) is 3.02. The molecular weight excluding hydrogens is 300 g/mol. The predicted molar refractivity (Wildman–Crippen MR) is 86.8 cm³/mol. The molecule has 0 atom stereocenters. The van der Waals surface area contributed by atoms with Gasteiger partial charge in [-0.15, -0.1) is 0 Å². The second kappa shape index (κ2) is 5.25. The van der Waals surface area contributed by atoms with E-state index in [0.29, 0.717) is 12.4 Å². The third-order valence-corrected chi connectivity index (χ3v) is 4.04. The number of anilines is 2. The van der Waals surface area contributed by atoms with Crippen molar-refractivity contribution in [3.05, 3.63) is 46.9 Å². The number of fused-ring (bicyclic) bond motifs is 1. The summed E-state index contributed by atoms with van der Waals surface area (Å²) in [6, 6.07) is 7.49. The van der Waals surface area contributed by atoms with Crippen molar-refractivity contribution in [1.29, 1.82) is 0 Å². The highest BCUT2D eigenvalue weighted by atomic mass is 35.5. The maximum atomic E-state index is 12.3.